The highest BCUT2D eigenvalue weighted by atomic mass is 32.2. The van der Waals surface area contributed by atoms with Gasteiger partial charge < -0.3 is 0 Å². The molecule has 2 nitrogen and oxygen atoms in total. The van der Waals surface area contributed by atoms with Crippen molar-refractivity contribution in [3.05, 3.63) is 114 Å². The number of hydrogen-bond donors (Lipinski definition) is 0. The summed E-state index contributed by atoms with van der Waals surface area (Å²) in [6.07, 6.45) is 4.30. The maximum Gasteiger partial charge on any atom is 0.225 e. The molecule has 0 bridgehead atoms. The van der Waals surface area contributed by atoms with Gasteiger partial charge in [-0.25, -0.2) is 0 Å². The molecule has 1 aliphatic rings. The van der Waals surface area contributed by atoms with E-state index in [4.69, 9.17) is 0 Å². The van der Waals surface area contributed by atoms with E-state index in [9.17, 15) is 4.79 Å². The lowest BCUT2D eigenvalue weighted by Crippen LogP contribution is -2.42. The van der Waals surface area contributed by atoms with E-state index in [1.165, 1.54) is 10.8 Å². The van der Waals surface area contributed by atoms with Gasteiger partial charge in [0.1, 0.15) is 4.87 Å². The number of carbonyl (C=O) groups is 1. The SMILES string of the molecule is CC(=O)N1c2ccccc2SC1(C=Cc1ccc2ccccc2c1)c1ccccc1. The summed E-state index contributed by atoms with van der Waals surface area (Å²) < 4.78 is 0. The van der Waals surface area contributed by atoms with E-state index in [-0.39, 0.29) is 5.91 Å². The highest BCUT2D eigenvalue weighted by molar-refractivity contribution is 8.01. The molecule has 4 aromatic rings. The summed E-state index contributed by atoms with van der Waals surface area (Å²) in [5.74, 6) is 0.0273. The molecule has 0 saturated carbocycles. The van der Waals surface area contributed by atoms with E-state index in [0.29, 0.717) is 0 Å². The van der Waals surface area contributed by atoms with Crippen molar-refractivity contribution in [2.75, 3.05) is 4.90 Å². The molecule has 1 atom stereocenters. The van der Waals surface area contributed by atoms with Crippen LogP contribution in [0, 0.1) is 0 Å². The number of amides is 1. The molecule has 5 rings (SSSR count). The Morgan fingerprint density at radius 2 is 1.53 bits per heavy atom. The van der Waals surface area contributed by atoms with Gasteiger partial charge in [-0.3, -0.25) is 9.69 Å². The Hall–Kier alpha value is -3.30. The first-order chi connectivity index (χ1) is 14.7. The fraction of sp³-hybridized carbons (Fsp3) is 0.0741. The lowest BCUT2D eigenvalue weighted by molar-refractivity contribution is -0.117. The van der Waals surface area contributed by atoms with Crippen LogP contribution in [-0.4, -0.2) is 5.91 Å². The molecule has 0 saturated heterocycles. The van der Waals surface area contributed by atoms with Crippen LogP contribution in [-0.2, 0) is 9.67 Å². The van der Waals surface area contributed by atoms with Crippen LogP contribution in [0.2, 0.25) is 0 Å². The smallest absolute Gasteiger partial charge is 0.225 e. The third-order valence-corrected chi connectivity index (χ3v) is 6.91. The van der Waals surface area contributed by atoms with Crippen molar-refractivity contribution in [1.82, 2.24) is 0 Å². The zero-order valence-corrected chi connectivity index (χ0v) is 17.5. The van der Waals surface area contributed by atoms with Gasteiger partial charge in [0.15, 0.2) is 0 Å². The number of thioether (sulfide) groups is 1. The predicted octanol–water partition coefficient (Wildman–Crippen LogP) is 6.86. The fourth-order valence-electron chi connectivity index (χ4n) is 4.11. The van der Waals surface area contributed by atoms with Crippen molar-refractivity contribution < 1.29 is 4.79 Å². The number of hydrogen-bond acceptors (Lipinski definition) is 2. The molecule has 1 aliphatic heterocycles. The van der Waals surface area contributed by atoms with Gasteiger partial charge in [0.05, 0.1) is 5.69 Å². The number of nitrogens with zero attached hydrogens (tertiary/aromatic N) is 1. The predicted molar refractivity (Wildman–Crippen MR) is 127 cm³/mol. The van der Waals surface area contributed by atoms with Gasteiger partial charge in [0.2, 0.25) is 5.91 Å². The summed E-state index contributed by atoms with van der Waals surface area (Å²) in [4.78, 5) is 15.3. The number of rotatable bonds is 3. The van der Waals surface area contributed by atoms with Gasteiger partial charge in [-0.1, -0.05) is 96.7 Å². The molecule has 0 aliphatic carbocycles. The minimum atomic E-state index is -0.623. The lowest BCUT2D eigenvalue weighted by atomic mass is 10.0. The molecule has 30 heavy (non-hydrogen) atoms. The van der Waals surface area contributed by atoms with E-state index >= 15 is 0 Å². The average molecular weight is 408 g/mol. The van der Waals surface area contributed by atoms with Crippen molar-refractivity contribution >= 4 is 40.2 Å². The summed E-state index contributed by atoms with van der Waals surface area (Å²) in [5.41, 5.74) is 3.16. The van der Waals surface area contributed by atoms with Crippen LogP contribution in [0.5, 0.6) is 0 Å². The van der Waals surface area contributed by atoms with E-state index in [0.717, 1.165) is 21.7 Å². The Bertz CT molecular complexity index is 1260. The zero-order chi connectivity index (χ0) is 20.6. The minimum Gasteiger partial charge on any atom is -0.288 e. The van der Waals surface area contributed by atoms with Gasteiger partial charge in [-0.05, 0) is 46.2 Å². The third kappa shape index (κ3) is 3.12. The van der Waals surface area contributed by atoms with Crippen molar-refractivity contribution in [3.8, 4) is 0 Å². The first-order valence-electron chi connectivity index (χ1n) is 10.00. The summed E-state index contributed by atoms with van der Waals surface area (Å²) in [7, 11) is 0. The van der Waals surface area contributed by atoms with Crippen LogP contribution in [0.3, 0.4) is 0 Å². The van der Waals surface area contributed by atoms with E-state index in [2.05, 4.69) is 72.8 Å². The largest absolute Gasteiger partial charge is 0.288 e. The molecule has 0 fully saturated rings. The van der Waals surface area contributed by atoms with Crippen molar-refractivity contribution in [2.45, 2.75) is 16.7 Å². The molecule has 1 heterocycles. The first-order valence-corrected chi connectivity index (χ1v) is 10.8. The summed E-state index contributed by atoms with van der Waals surface area (Å²) in [6, 6.07) is 33.2. The summed E-state index contributed by atoms with van der Waals surface area (Å²) in [5, 5.41) is 2.43. The van der Waals surface area contributed by atoms with Crippen molar-refractivity contribution in [2.24, 2.45) is 0 Å². The second kappa shape index (κ2) is 7.51. The molecular weight excluding hydrogens is 386 g/mol. The van der Waals surface area contributed by atoms with Crippen LogP contribution in [0.1, 0.15) is 18.1 Å². The number of carbonyl (C=O) groups excluding carboxylic acids is 1. The van der Waals surface area contributed by atoms with Crippen LogP contribution in [0.15, 0.2) is 108 Å². The summed E-state index contributed by atoms with van der Waals surface area (Å²) >= 11 is 1.71. The highest BCUT2D eigenvalue weighted by Crippen LogP contribution is 2.56. The van der Waals surface area contributed by atoms with Crippen molar-refractivity contribution in [1.29, 1.82) is 0 Å². The molecule has 1 amide bonds. The van der Waals surface area contributed by atoms with Crippen LogP contribution < -0.4 is 4.90 Å². The fourth-order valence-corrected chi connectivity index (χ4v) is 5.57. The Labute approximate surface area is 180 Å². The topological polar surface area (TPSA) is 20.3 Å². The minimum absolute atomic E-state index is 0.0273. The van der Waals surface area contributed by atoms with Gasteiger partial charge in [0, 0.05) is 11.8 Å². The number of fused-ring (bicyclic) bond motifs is 2. The highest BCUT2D eigenvalue weighted by Gasteiger charge is 2.46. The second-order valence-electron chi connectivity index (χ2n) is 7.43. The average Bonchev–Trinajstić information content (AvgIpc) is 3.14. The number of anilines is 1. The van der Waals surface area contributed by atoms with E-state index < -0.39 is 4.87 Å². The molecule has 4 aromatic carbocycles. The first kappa shape index (κ1) is 18.7. The molecule has 0 spiro atoms. The second-order valence-corrected chi connectivity index (χ2v) is 8.69. The van der Waals surface area contributed by atoms with E-state index in [1.807, 2.05) is 41.3 Å². The third-order valence-electron chi connectivity index (χ3n) is 5.48. The van der Waals surface area contributed by atoms with Crippen molar-refractivity contribution in [3.63, 3.8) is 0 Å². The summed E-state index contributed by atoms with van der Waals surface area (Å²) in [6.45, 7) is 1.64. The number of para-hydroxylation sites is 1. The van der Waals surface area contributed by atoms with Crippen LogP contribution in [0.25, 0.3) is 16.8 Å². The van der Waals surface area contributed by atoms with Gasteiger partial charge in [0.25, 0.3) is 0 Å². The lowest BCUT2D eigenvalue weighted by Gasteiger charge is -2.35. The molecule has 0 N–H and O–H groups in total. The monoisotopic (exact) mass is 407 g/mol. The molecule has 3 heteroatoms. The number of benzene rings is 4. The Morgan fingerprint density at radius 3 is 2.33 bits per heavy atom. The molecular formula is C27H21NOS. The molecule has 146 valence electrons. The maximum absolute atomic E-state index is 12.9. The van der Waals surface area contributed by atoms with Crippen LogP contribution >= 0.6 is 11.8 Å². The molecule has 1 unspecified atom stereocenters. The Morgan fingerprint density at radius 1 is 0.833 bits per heavy atom. The van der Waals surface area contributed by atoms with Gasteiger partial charge >= 0.3 is 0 Å². The van der Waals surface area contributed by atoms with Crippen LogP contribution in [0.4, 0.5) is 5.69 Å². The quantitative estimate of drug-likeness (QED) is 0.369. The normalized spacial score (nSPS) is 18.1. The molecule has 0 radical (unpaired) electrons. The molecule has 0 aromatic heterocycles. The zero-order valence-electron chi connectivity index (χ0n) is 16.7. The van der Waals surface area contributed by atoms with Gasteiger partial charge in [-0.2, -0.15) is 0 Å². The standard InChI is InChI=1S/C27H21NOS/c1-20(29)28-25-13-7-8-14-26(25)30-27(28,24-11-3-2-4-12-24)18-17-21-15-16-22-9-5-6-10-23(22)19-21/h2-19H,1H3. The Kier molecular flexibility index (Phi) is 4.68. The van der Waals surface area contributed by atoms with E-state index in [1.54, 1.807) is 18.7 Å². The maximum atomic E-state index is 12.9. The Balaban J connectivity index is 1.66. The van der Waals surface area contributed by atoms with Gasteiger partial charge in [-0.15, -0.1) is 0 Å².